The summed E-state index contributed by atoms with van der Waals surface area (Å²) in [5, 5.41) is 21.9. The number of carboxylic acids is 1. The molecule has 1 aromatic carbocycles. The number of aromatic nitrogens is 5. The summed E-state index contributed by atoms with van der Waals surface area (Å²) in [5.74, 6) is -0.997. The summed E-state index contributed by atoms with van der Waals surface area (Å²) in [7, 11) is 0. The molecule has 0 spiro atoms. The largest absolute Gasteiger partial charge is 0.480 e. The Balaban J connectivity index is 1.45. The van der Waals surface area contributed by atoms with Crippen LogP contribution >= 0.6 is 22.9 Å². The normalized spacial score (nSPS) is 14.8. The van der Waals surface area contributed by atoms with Gasteiger partial charge in [0.15, 0.2) is 11.7 Å². The molecule has 0 unspecified atom stereocenters. The van der Waals surface area contributed by atoms with Crippen molar-refractivity contribution in [1.82, 2.24) is 25.2 Å². The monoisotopic (exact) mass is 437 g/mol. The minimum Gasteiger partial charge on any atom is -0.480 e. The fraction of sp³-hybridized carbons (Fsp3) is 0.353. The maximum atomic E-state index is 13.6. The zero-order valence-corrected chi connectivity index (χ0v) is 16.8. The quantitative estimate of drug-likeness (QED) is 0.649. The molecule has 9 nitrogen and oxygen atoms in total. The molecule has 152 valence electrons. The third-order valence-corrected chi connectivity index (χ3v) is 5.83. The zero-order chi connectivity index (χ0) is 20.4. The Kier molecular flexibility index (Phi) is 5.58. The van der Waals surface area contributed by atoms with Gasteiger partial charge in [0.1, 0.15) is 5.82 Å². The molecule has 0 radical (unpaired) electrons. The molecule has 3 heterocycles. The average molecular weight is 438 g/mol. The number of anilines is 2. The minimum atomic E-state index is -1.04. The first-order valence-corrected chi connectivity index (χ1v) is 10.1. The number of halogens is 2. The number of hydrogen-bond donors (Lipinski definition) is 1. The Morgan fingerprint density at radius 1 is 1.24 bits per heavy atom. The van der Waals surface area contributed by atoms with Gasteiger partial charge in [-0.3, -0.25) is 4.79 Å². The molecular weight excluding hydrogens is 421 g/mol. The van der Waals surface area contributed by atoms with Gasteiger partial charge in [0.2, 0.25) is 5.82 Å². The van der Waals surface area contributed by atoms with E-state index in [4.69, 9.17) is 16.7 Å². The van der Waals surface area contributed by atoms with E-state index in [1.165, 1.54) is 23.5 Å². The maximum absolute atomic E-state index is 13.6. The predicted molar refractivity (Wildman–Crippen MR) is 107 cm³/mol. The standard InChI is InChI=1S/C17H17ClFN7O2S/c18-12-3-2-11(19)8-13(12)24-4-1-5-25(7-6-24)17-20-9-14(29-17)16-21-23-26(22-16)10-15(27)28/h2-3,8-9H,1,4-7,10H2,(H,27,28). The summed E-state index contributed by atoms with van der Waals surface area (Å²) < 4.78 is 13.6. The number of carbonyl (C=O) groups is 1. The number of rotatable bonds is 5. The summed E-state index contributed by atoms with van der Waals surface area (Å²) >= 11 is 7.67. The van der Waals surface area contributed by atoms with Crippen LogP contribution in [0, 0.1) is 5.82 Å². The van der Waals surface area contributed by atoms with Crippen molar-refractivity contribution in [1.29, 1.82) is 0 Å². The number of thiazole rings is 1. The molecule has 0 saturated carbocycles. The van der Waals surface area contributed by atoms with E-state index in [0.29, 0.717) is 34.5 Å². The number of benzene rings is 1. The van der Waals surface area contributed by atoms with Crippen molar-refractivity contribution in [3.8, 4) is 10.7 Å². The maximum Gasteiger partial charge on any atom is 0.327 e. The number of tetrazole rings is 1. The van der Waals surface area contributed by atoms with Crippen LogP contribution < -0.4 is 9.80 Å². The summed E-state index contributed by atoms with van der Waals surface area (Å²) in [6.45, 7) is 2.62. The van der Waals surface area contributed by atoms with E-state index in [-0.39, 0.29) is 12.4 Å². The van der Waals surface area contributed by atoms with Gasteiger partial charge in [-0.15, -0.1) is 10.2 Å². The second-order valence-electron chi connectivity index (χ2n) is 6.47. The van der Waals surface area contributed by atoms with Crippen LogP contribution in [0.3, 0.4) is 0 Å². The third kappa shape index (κ3) is 4.46. The summed E-state index contributed by atoms with van der Waals surface area (Å²) in [5.41, 5.74) is 0.701. The van der Waals surface area contributed by atoms with E-state index < -0.39 is 5.97 Å². The molecule has 0 amide bonds. The van der Waals surface area contributed by atoms with E-state index in [2.05, 4.69) is 30.2 Å². The van der Waals surface area contributed by atoms with Crippen molar-refractivity contribution in [2.45, 2.75) is 13.0 Å². The molecule has 29 heavy (non-hydrogen) atoms. The van der Waals surface area contributed by atoms with E-state index in [9.17, 15) is 9.18 Å². The van der Waals surface area contributed by atoms with Crippen molar-refractivity contribution in [2.24, 2.45) is 0 Å². The van der Waals surface area contributed by atoms with Crippen LogP contribution in [0.25, 0.3) is 10.7 Å². The zero-order valence-electron chi connectivity index (χ0n) is 15.2. The molecule has 1 saturated heterocycles. The van der Waals surface area contributed by atoms with E-state index in [1.807, 2.05) is 0 Å². The van der Waals surface area contributed by atoms with Gasteiger partial charge in [0.05, 0.1) is 21.8 Å². The lowest BCUT2D eigenvalue weighted by Crippen LogP contribution is -2.30. The minimum absolute atomic E-state index is 0.307. The first kappa shape index (κ1) is 19.5. The van der Waals surface area contributed by atoms with Gasteiger partial charge in [-0.2, -0.15) is 4.80 Å². The molecule has 4 rings (SSSR count). The fourth-order valence-corrected chi connectivity index (χ4v) is 4.25. The van der Waals surface area contributed by atoms with Gasteiger partial charge in [0, 0.05) is 26.2 Å². The van der Waals surface area contributed by atoms with Crippen molar-refractivity contribution in [2.75, 3.05) is 36.0 Å². The van der Waals surface area contributed by atoms with Gasteiger partial charge in [-0.05, 0) is 29.8 Å². The second kappa shape index (κ2) is 8.29. The summed E-state index contributed by atoms with van der Waals surface area (Å²) in [6, 6.07) is 4.39. The Bertz CT molecular complexity index is 1030. The number of hydrogen-bond acceptors (Lipinski definition) is 8. The van der Waals surface area contributed by atoms with Crippen LogP contribution in [0.2, 0.25) is 5.02 Å². The highest BCUT2D eigenvalue weighted by Crippen LogP contribution is 2.31. The molecule has 0 atom stereocenters. The smallest absolute Gasteiger partial charge is 0.327 e. The van der Waals surface area contributed by atoms with E-state index >= 15 is 0 Å². The Morgan fingerprint density at radius 2 is 2.03 bits per heavy atom. The number of aliphatic carboxylic acids is 1. The SMILES string of the molecule is O=C(O)Cn1nnc(-c2cnc(N3CCCN(c4cc(F)ccc4Cl)CC3)s2)n1. The van der Waals surface area contributed by atoms with Gasteiger partial charge in [-0.1, -0.05) is 22.9 Å². The molecule has 1 N–H and O–H groups in total. The average Bonchev–Trinajstić information content (AvgIpc) is 3.28. The number of nitrogens with zero attached hydrogens (tertiary/aromatic N) is 7. The van der Waals surface area contributed by atoms with E-state index in [1.54, 1.807) is 12.3 Å². The highest BCUT2D eigenvalue weighted by atomic mass is 35.5. The topological polar surface area (TPSA) is 100 Å². The van der Waals surface area contributed by atoms with Gasteiger partial charge in [0.25, 0.3) is 0 Å². The number of carboxylic acid groups (broad SMARTS) is 1. The first-order chi connectivity index (χ1) is 14.0. The van der Waals surface area contributed by atoms with Crippen molar-refractivity contribution >= 4 is 39.7 Å². The van der Waals surface area contributed by atoms with Crippen LogP contribution in [0.1, 0.15) is 6.42 Å². The van der Waals surface area contributed by atoms with Crippen molar-refractivity contribution < 1.29 is 14.3 Å². The lowest BCUT2D eigenvalue weighted by molar-refractivity contribution is -0.138. The highest BCUT2D eigenvalue weighted by molar-refractivity contribution is 7.18. The molecule has 3 aromatic rings. The van der Waals surface area contributed by atoms with Gasteiger partial charge in [-0.25, -0.2) is 9.37 Å². The first-order valence-electron chi connectivity index (χ1n) is 8.90. The fourth-order valence-electron chi connectivity index (χ4n) is 3.12. The van der Waals surface area contributed by atoms with Crippen LogP contribution in [0.15, 0.2) is 24.4 Å². The molecular formula is C17H17ClFN7O2S. The van der Waals surface area contributed by atoms with Crippen molar-refractivity contribution in [3.05, 3.63) is 35.2 Å². The van der Waals surface area contributed by atoms with Gasteiger partial charge < -0.3 is 14.9 Å². The van der Waals surface area contributed by atoms with Crippen LogP contribution in [0.4, 0.5) is 15.2 Å². The lowest BCUT2D eigenvalue weighted by Gasteiger charge is -2.24. The van der Waals surface area contributed by atoms with Crippen LogP contribution in [0.5, 0.6) is 0 Å². The van der Waals surface area contributed by atoms with Crippen molar-refractivity contribution in [3.63, 3.8) is 0 Å². The predicted octanol–water partition coefficient (Wildman–Crippen LogP) is 2.39. The molecule has 0 bridgehead atoms. The molecule has 1 aliphatic heterocycles. The highest BCUT2D eigenvalue weighted by Gasteiger charge is 2.21. The molecule has 1 aliphatic rings. The third-order valence-electron chi connectivity index (χ3n) is 4.46. The molecule has 12 heteroatoms. The Hall–Kier alpha value is -2.79. The Morgan fingerprint density at radius 3 is 2.86 bits per heavy atom. The van der Waals surface area contributed by atoms with Crippen LogP contribution in [-0.2, 0) is 11.3 Å². The molecule has 0 aliphatic carbocycles. The second-order valence-corrected chi connectivity index (χ2v) is 7.88. The van der Waals surface area contributed by atoms with Crippen LogP contribution in [-0.4, -0.2) is 62.4 Å². The lowest BCUT2D eigenvalue weighted by atomic mass is 10.2. The summed E-state index contributed by atoms with van der Waals surface area (Å²) in [6.07, 6.45) is 2.53. The molecule has 2 aromatic heterocycles. The van der Waals surface area contributed by atoms with Gasteiger partial charge >= 0.3 is 5.97 Å². The summed E-state index contributed by atoms with van der Waals surface area (Å²) in [4.78, 5) is 21.2. The molecule has 1 fully saturated rings. The van der Waals surface area contributed by atoms with E-state index in [0.717, 1.165) is 29.4 Å². The Labute approximate surface area is 174 Å².